The maximum absolute atomic E-state index is 11.6. The Morgan fingerprint density at radius 1 is 1.25 bits per heavy atom. The van der Waals surface area contributed by atoms with Crippen LogP contribution in [0.3, 0.4) is 0 Å². The number of methoxy groups -OCH3 is 2. The largest absolute Gasteiger partial charge is 0.468 e. The third kappa shape index (κ3) is 2.43. The van der Waals surface area contributed by atoms with Crippen molar-refractivity contribution in [2.75, 3.05) is 14.2 Å². The molecule has 90 valence electrons. The number of ether oxygens (including phenoxy) is 2. The second-order valence-corrected chi connectivity index (χ2v) is 4.02. The molecule has 0 amide bonds. The summed E-state index contributed by atoms with van der Waals surface area (Å²) in [7, 11) is 2.58. The van der Waals surface area contributed by atoms with E-state index >= 15 is 0 Å². The zero-order chi connectivity index (χ0) is 12.1. The molecule has 0 aromatic rings. The van der Waals surface area contributed by atoms with E-state index in [0.29, 0.717) is 0 Å². The van der Waals surface area contributed by atoms with Crippen LogP contribution in [0.5, 0.6) is 0 Å². The smallest absolute Gasteiger partial charge is 0.320 e. The van der Waals surface area contributed by atoms with Gasteiger partial charge in [-0.1, -0.05) is 12.5 Å². The summed E-state index contributed by atoms with van der Waals surface area (Å²) in [6.07, 6.45) is 4.63. The first-order chi connectivity index (χ1) is 7.65. The highest BCUT2D eigenvalue weighted by atomic mass is 16.5. The second kappa shape index (κ2) is 5.68. The van der Waals surface area contributed by atoms with Gasteiger partial charge in [-0.05, 0) is 24.7 Å². The summed E-state index contributed by atoms with van der Waals surface area (Å²) in [6.45, 7) is 3.74. The lowest BCUT2D eigenvalue weighted by Crippen LogP contribution is -2.34. The molecule has 0 aromatic heterocycles. The van der Waals surface area contributed by atoms with E-state index < -0.39 is 17.9 Å². The van der Waals surface area contributed by atoms with Gasteiger partial charge in [0.2, 0.25) is 0 Å². The van der Waals surface area contributed by atoms with Crippen LogP contribution in [0.2, 0.25) is 0 Å². The average Bonchev–Trinajstić information content (AvgIpc) is 2.76. The van der Waals surface area contributed by atoms with Crippen LogP contribution in [0.4, 0.5) is 0 Å². The summed E-state index contributed by atoms with van der Waals surface area (Å²) in [6, 6.07) is 0. The number of carbonyl (C=O) groups is 2. The molecule has 1 aliphatic rings. The lowest BCUT2D eigenvalue weighted by molar-refractivity contribution is -0.162. The summed E-state index contributed by atoms with van der Waals surface area (Å²) in [5.41, 5.74) is 0. The lowest BCUT2D eigenvalue weighted by Gasteiger charge is -2.22. The van der Waals surface area contributed by atoms with E-state index in [4.69, 9.17) is 0 Å². The highest BCUT2D eigenvalue weighted by Gasteiger charge is 2.42. The van der Waals surface area contributed by atoms with E-state index in [0.717, 1.165) is 19.3 Å². The Morgan fingerprint density at radius 2 is 1.81 bits per heavy atom. The van der Waals surface area contributed by atoms with Gasteiger partial charge in [-0.25, -0.2) is 0 Å². The maximum atomic E-state index is 11.6. The number of rotatable bonds is 4. The van der Waals surface area contributed by atoms with Gasteiger partial charge in [0.1, 0.15) is 0 Å². The van der Waals surface area contributed by atoms with Crippen LogP contribution in [0.15, 0.2) is 12.7 Å². The molecule has 0 aliphatic heterocycles. The van der Waals surface area contributed by atoms with Crippen LogP contribution in [-0.4, -0.2) is 26.2 Å². The molecule has 0 N–H and O–H groups in total. The van der Waals surface area contributed by atoms with E-state index in [1.54, 1.807) is 0 Å². The van der Waals surface area contributed by atoms with Gasteiger partial charge in [0.15, 0.2) is 5.92 Å². The highest BCUT2D eigenvalue weighted by Crippen LogP contribution is 2.38. The molecule has 2 atom stereocenters. The third-order valence-corrected chi connectivity index (χ3v) is 3.27. The van der Waals surface area contributed by atoms with Gasteiger partial charge in [-0.2, -0.15) is 0 Å². The number of carbonyl (C=O) groups excluding carboxylic acids is 2. The fraction of sp³-hybridized carbons (Fsp3) is 0.667. The molecule has 4 nitrogen and oxygen atoms in total. The molecular formula is C12H18O4. The minimum atomic E-state index is -0.805. The van der Waals surface area contributed by atoms with Gasteiger partial charge in [0, 0.05) is 0 Å². The summed E-state index contributed by atoms with van der Waals surface area (Å²) < 4.78 is 9.33. The normalized spacial score (nSPS) is 24.2. The molecule has 4 heteroatoms. The van der Waals surface area contributed by atoms with Crippen LogP contribution in [0.25, 0.3) is 0 Å². The molecule has 1 aliphatic carbocycles. The third-order valence-electron chi connectivity index (χ3n) is 3.27. The first-order valence-corrected chi connectivity index (χ1v) is 5.44. The van der Waals surface area contributed by atoms with E-state index in [2.05, 4.69) is 16.1 Å². The van der Waals surface area contributed by atoms with Crippen LogP contribution >= 0.6 is 0 Å². The summed E-state index contributed by atoms with van der Waals surface area (Å²) in [4.78, 5) is 23.2. The van der Waals surface area contributed by atoms with Crippen molar-refractivity contribution in [1.29, 1.82) is 0 Å². The van der Waals surface area contributed by atoms with Crippen LogP contribution < -0.4 is 0 Å². The van der Waals surface area contributed by atoms with Crippen molar-refractivity contribution < 1.29 is 19.1 Å². The molecule has 0 heterocycles. The fourth-order valence-electron chi connectivity index (χ4n) is 2.42. The van der Waals surface area contributed by atoms with Gasteiger partial charge in [0.25, 0.3) is 0 Å². The monoisotopic (exact) mass is 226 g/mol. The second-order valence-electron chi connectivity index (χ2n) is 4.02. The molecule has 0 aromatic carbocycles. The van der Waals surface area contributed by atoms with Crippen molar-refractivity contribution in [1.82, 2.24) is 0 Å². The number of hydrogen-bond donors (Lipinski definition) is 0. The molecule has 0 bridgehead atoms. The predicted molar refractivity (Wildman–Crippen MR) is 58.6 cm³/mol. The van der Waals surface area contributed by atoms with Crippen molar-refractivity contribution in [2.24, 2.45) is 17.8 Å². The van der Waals surface area contributed by atoms with Crippen molar-refractivity contribution >= 4 is 11.9 Å². The van der Waals surface area contributed by atoms with Gasteiger partial charge < -0.3 is 9.47 Å². The quantitative estimate of drug-likeness (QED) is 0.414. The summed E-state index contributed by atoms with van der Waals surface area (Å²) >= 11 is 0. The first kappa shape index (κ1) is 12.7. The minimum Gasteiger partial charge on any atom is -0.468 e. The minimum absolute atomic E-state index is 0.0302. The fourth-order valence-corrected chi connectivity index (χ4v) is 2.42. The lowest BCUT2D eigenvalue weighted by atomic mass is 9.84. The molecule has 1 saturated carbocycles. The van der Waals surface area contributed by atoms with Gasteiger partial charge in [-0.15, -0.1) is 6.58 Å². The molecule has 16 heavy (non-hydrogen) atoms. The van der Waals surface area contributed by atoms with Crippen LogP contribution in [-0.2, 0) is 19.1 Å². The van der Waals surface area contributed by atoms with Crippen molar-refractivity contribution in [3.05, 3.63) is 12.7 Å². The van der Waals surface area contributed by atoms with Crippen molar-refractivity contribution in [3.8, 4) is 0 Å². The number of esters is 2. The molecule has 0 saturated heterocycles. The zero-order valence-corrected chi connectivity index (χ0v) is 9.77. The van der Waals surface area contributed by atoms with Crippen LogP contribution in [0, 0.1) is 17.8 Å². The highest BCUT2D eigenvalue weighted by molar-refractivity contribution is 5.95. The Morgan fingerprint density at radius 3 is 2.25 bits per heavy atom. The standard InChI is InChI=1S/C12H18O4/c1-4-8-6-5-7-9(8)10(11(13)15-2)12(14)16-3/h4,8-10H,1,5-7H2,2-3H3/t8-,9-/m0/s1. The van der Waals surface area contributed by atoms with Crippen molar-refractivity contribution in [2.45, 2.75) is 19.3 Å². The predicted octanol–water partition coefficient (Wildman–Crippen LogP) is 1.55. The van der Waals surface area contributed by atoms with Gasteiger partial charge in [-0.3, -0.25) is 9.59 Å². The molecule has 1 rings (SSSR count). The van der Waals surface area contributed by atoms with E-state index in [-0.39, 0.29) is 11.8 Å². The zero-order valence-electron chi connectivity index (χ0n) is 9.77. The summed E-state index contributed by atoms with van der Waals surface area (Å²) in [5.74, 6) is -1.66. The molecule has 1 fully saturated rings. The topological polar surface area (TPSA) is 52.6 Å². The van der Waals surface area contributed by atoms with E-state index in [9.17, 15) is 9.59 Å². The molecule has 0 spiro atoms. The number of allylic oxidation sites excluding steroid dienone is 1. The van der Waals surface area contributed by atoms with Crippen molar-refractivity contribution in [3.63, 3.8) is 0 Å². The van der Waals surface area contributed by atoms with Crippen LogP contribution in [0.1, 0.15) is 19.3 Å². The average molecular weight is 226 g/mol. The Labute approximate surface area is 95.6 Å². The Bertz CT molecular complexity index is 269. The first-order valence-electron chi connectivity index (χ1n) is 5.44. The Kier molecular flexibility index (Phi) is 4.52. The molecular weight excluding hydrogens is 208 g/mol. The van der Waals surface area contributed by atoms with Gasteiger partial charge in [0.05, 0.1) is 14.2 Å². The van der Waals surface area contributed by atoms with E-state index in [1.165, 1.54) is 14.2 Å². The maximum Gasteiger partial charge on any atom is 0.320 e. The number of hydrogen-bond acceptors (Lipinski definition) is 4. The van der Waals surface area contributed by atoms with Gasteiger partial charge >= 0.3 is 11.9 Å². The Balaban J connectivity index is 2.87. The molecule has 0 unspecified atom stereocenters. The van der Waals surface area contributed by atoms with E-state index in [1.807, 2.05) is 6.08 Å². The molecule has 0 radical (unpaired) electrons. The summed E-state index contributed by atoms with van der Waals surface area (Å²) in [5, 5.41) is 0. The SMILES string of the molecule is C=C[C@H]1CCC[C@@H]1C(C(=O)OC)C(=O)OC. The Hall–Kier alpha value is -1.32.